The quantitative estimate of drug-likeness (QED) is 0.526. The molecule has 90 valence electrons. The molecule has 2 heteroatoms. The van der Waals surface area contributed by atoms with Crippen LogP contribution in [0.1, 0.15) is 20.8 Å². The maximum absolute atomic E-state index is 5.77. The Kier molecular flexibility index (Phi) is 5.83. The van der Waals surface area contributed by atoms with Gasteiger partial charge in [0.2, 0.25) is 0 Å². The molecule has 0 saturated carbocycles. The van der Waals surface area contributed by atoms with Gasteiger partial charge in [-0.3, -0.25) is 0 Å². The number of ether oxygens (including phenoxy) is 1. The number of allylic oxidation sites excluding steroid dienone is 2. The van der Waals surface area contributed by atoms with Gasteiger partial charge in [-0.25, -0.2) is 0 Å². The molecule has 1 unspecified atom stereocenters. The molecule has 1 atom stereocenters. The van der Waals surface area contributed by atoms with Gasteiger partial charge in [0.1, 0.15) is 11.9 Å². The average molecular weight is 221 g/mol. The van der Waals surface area contributed by atoms with Crippen LogP contribution < -0.4 is 5.32 Å². The molecule has 0 heterocycles. The number of nitrogens with one attached hydrogen (secondary N) is 1. The second kappa shape index (κ2) is 6.33. The normalized spacial score (nSPS) is 14.1. The van der Waals surface area contributed by atoms with E-state index >= 15 is 0 Å². The number of rotatable bonds is 7. The molecule has 0 aliphatic carbocycles. The summed E-state index contributed by atoms with van der Waals surface area (Å²) in [6.45, 7) is 17.4. The molecule has 0 bridgehead atoms. The molecule has 16 heavy (non-hydrogen) atoms. The van der Waals surface area contributed by atoms with Gasteiger partial charge >= 0.3 is 0 Å². The van der Waals surface area contributed by atoms with Crippen LogP contribution in [0, 0.1) is 0 Å². The van der Waals surface area contributed by atoms with E-state index < -0.39 is 0 Å². The summed E-state index contributed by atoms with van der Waals surface area (Å²) in [5.74, 6) is 0.708. The second-order valence-electron chi connectivity index (χ2n) is 4.16. The van der Waals surface area contributed by atoms with E-state index in [0.29, 0.717) is 5.76 Å². The summed E-state index contributed by atoms with van der Waals surface area (Å²) < 4.78 is 5.77. The van der Waals surface area contributed by atoms with E-state index in [0.717, 1.165) is 5.57 Å². The van der Waals surface area contributed by atoms with Gasteiger partial charge in [-0.15, -0.1) is 0 Å². The van der Waals surface area contributed by atoms with E-state index in [1.54, 1.807) is 12.2 Å². The molecule has 0 aliphatic rings. The predicted octanol–water partition coefficient (Wildman–Crippen LogP) is 3.20. The van der Waals surface area contributed by atoms with Crippen molar-refractivity contribution in [2.24, 2.45) is 0 Å². The molecule has 0 fully saturated rings. The lowest BCUT2D eigenvalue weighted by Gasteiger charge is -2.29. The van der Waals surface area contributed by atoms with Gasteiger partial charge in [0.15, 0.2) is 0 Å². The van der Waals surface area contributed by atoms with Crippen LogP contribution in [0.3, 0.4) is 0 Å². The average Bonchev–Trinajstić information content (AvgIpc) is 2.25. The molecular formula is C14H23NO. The molecule has 0 aromatic carbocycles. The van der Waals surface area contributed by atoms with Crippen molar-refractivity contribution in [1.29, 1.82) is 0 Å². The van der Waals surface area contributed by atoms with Gasteiger partial charge in [-0.2, -0.15) is 0 Å². The van der Waals surface area contributed by atoms with Crippen molar-refractivity contribution >= 4 is 0 Å². The maximum atomic E-state index is 5.77. The monoisotopic (exact) mass is 221 g/mol. The van der Waals surface area contributed by atoms with Crippen molar-refractivity contribution in [1.82, 2.24) is 5.32 Å². The zero-order valence-electron chi connectivity index (χ0n) is 10.8. The van der Waals surface area contributed by atoms with Crippen LogP contribution >= 0.6 is 0 Å². The molecule has 0 spiro atoms. The molecule has 0 saturated heterocycles. The fraction of sp³-hybridized carbons (Fsp3) is 0.429. The van der Waals surface area contributed by atoms with Crippen molar-refractivity contribution in [3.8, 4) is 0 Å². The fourth-order valence-electron chi connectivity index (χ4n) is 1.07. The van der Waals surface area contributed by atoms with Gasteiger partial charge in [-0.1, -0.05) is 38.0 Å². The largest absolute Gasteiger partial charge is 0.489 e. The lowest BCUT2D eigenvalue weighted by molar-refractivity contribution is 0.124. The minimum absolute atomic E-state index is 0.0735. The first-order valence-electron chi connectivity index (χ1n) is 5.39. The van der Waals surface area contributed by atoms with Gasteiger partial charge in [0.25, 0.3) is 0 Å². The molecule has 2 nitrogen and oxygen atoms in total. The van der Waals surface area contributed by atoms with Crippen LogP contribution in [-0.4, -0.2) is 18.7 Å². The molecule has 0 aliphatic heterocycles. The zero-order valence-corrected chi connectivity index (χ0v) is 10.8. The Morgan fingerprint density at radius 3 is 2.31 bits per heavy atom. The fourth-order valence-corrected chi connectivity index (χ4v) is 1.07. The smallest absolute Gasteiger partial charge is 0.120 e. The molecule has 0 rings (SSSR count). The van der Waals surface area contributed by atoms with Crippen molar-refractivity contribution in [2.75, 3.05) is 7.05 Å². The number of hydrogen-bond acceptors (Lipinski definition) is 2. The van der Waals surface area contributed by atoms with Crippen LogP contribution in [0.4, 0.5) is 0 Å². The van der Waals surface area contributed by atoms with Crippen molar-refractivity contribution in [3.63, 3.8) is 0 Å². The number of likely N-dealkylation sites (N-methyl/N-ethyl adjacent to an activating group) is 1. The number of hydrogen-bond donors (Lipinski definition) is 1. The third-order valence-corrected chi connectivity index (χ3v) is 2.66. The predicted molar refractivity (Wildman–Crippen MR) is 71.3 cm³/mol. The van der Waals surface area contributed by atoms with Crippen LogP contribution in [0.5, 0.6) is 0 Å². The molecule has 1 N–H and O–H groups in total. The third-order valence-electron chi connectivity index (χ3n) is 2.66. The lowest BCUT2D eigenvalue weighted by atomic mass is 10.0. The summed E-state index contributed by atoms with van der Waals surface area (Å²) in [5, 5.41) is 3.15. The first-order chi connectivity index (χ1) is 7.38. The topological polar surface area (TPSA) is 21.3 Å². The Balaban J connectivity index is 4.62. The zero-order chi connectivity index (χ0) is 12.8. The van der Waals surface area contributed by atoms with E-state index in [-0.39, 0.29) is 11.6 Å². The Hall–Kier alpha value is -1.28. The van der Waals surface area contributed by atoms with Crippen LogP contribution in [0.2, 0.25) is 0 Å². The summed E-state index contributed by atoms with van der Waals surface area (Å²) in [7, 11) is 1.88. The summed E-state index contributed by atoms with van der Waals surface area (Å²) in [6.07, 6.45) is 5.31. The van der Waals surface area contributed by atoms with Gasteiger partial charge in [0, 0.05) is 0 Å². The second-order valence-corrected chi connectivity index (χ2v) is 4.16. The van der Waals surface area contributed by atoms with Gasteiger partial charge in [0.05, 0.1) is 5.54 Å². The Labute approximate surface area is 99.4 Å². The van der Waals surface area contributed by atoms with Crippen LogP contribution in [0.15, 0.2) is 49.3 Å². The highest BCUT2D eigenvalue weighted by atomic mass is 16.5. The summed E-state index contributed by atoms with van der Waals surface area (Å²) in [5.41, 5.74) is 0.748. The van der Waals surface area contributed by atoms with Crippen molar-refractivity contribution < 1.29 is 4.74 Å². The maximum Gasteiger partial charge on any atom is 0.120 e. The lowest BCUT2D eigenvalue weighted by Crippen LogP contribution is -2.39. The first kappa shape index (κ1) is 14.7. The van der Waals surface area contributed by atoms with Gasteiger partial charge in [-0.05, 0) is 33.4 Å². The molecule has 0 radical (unpaired) electrons. The Bertz CT molecular complexity index is 300. The van der Waals surface area contributed by atoms with E-state index in [2.05, 4.69) is 25.1 Å². The van der Waals surface area contributed by atoms with E-state index in [4.69, 9.17) is 4.74 Å². The summed E-state index contributed by atoms with van der Waals surface area (Å²) in [4.78, 5) is 0. The first-order valence-corrected chi connectivity index (χ1v) is 5.39. The van der Waals surface area contributed by atoms with E-state index in [1.807, 2.05) is 33.9 Å². The third kappa shape index (κ3) is 4.07. The Morgan fingerprint density at radius 1 is 1.38 bits per heavy atom. The molecule has 0 aromatic rings. The minimum atomic E-state index is -0.241. The van der Waals surface area contributed by atoms with E-state index in [9.17, 15) is 0 Å². The SMILES string of the molecule is C=C/C=C(\C=C)C(C)OC(=C)C(C)(C)NC. The molecular weight excluding hydrogens is 198 g/mol. The highest BCUT2D eigenvalue weighted by molar-refractivity contribution is 5.25. The minimum Gasteiger partial charge on any atom is -0.489 e. The summed E-state index contributed by atoms with van der Waals surface area (Å²) >= 11 is 0. The van der Waals surface area contributed by atoms with Crippen LogP contribution in [-0.2, 0) is 4.74 Å². The van der Waals surface area contributed by atoms with Crippen molar-refractivity contribution in [2.45, 2.75) is 32.4 Å². The van der Waals surface area contributed by atoms with Crippen molar-refractivity contribution in [3.05, 3.63) is 49.3 Å². The van der Waals surface area contributed by atoms with Gasteiger partial charge < -0.3 is 10.1 Å². The highest BCUT2D eigenvalue weighted by Crippen LogP contribution is 2.19. The van der Waals surface area contributed by atoms with E-state index in [1.165, 1.54) is 0 Å². The highest BCUT2D eigenvalue weighted by Gasteiger charge is 2.22. The molecule has 0 aromatic heterocycles. The standard InChI is InChI=1S/C14H23NO/c1-8-10-13(9-2)11(3)16-12(4)14(5,6)15-7/h8-11,15H,1-2,4H2,3,5-7H3/b13-10+. The Morgan fingerprint density at radius 2 is 1.94 bits per heavy atom. The molecule has 0 amide bonds. The van der Waals surface area contributed by atoms with Crippen LogP contribution in [0.25, 0.3) is 0 Å². The summed E-state index contributed by atoms with van der Waals surface area (Å²) in [6, 6.07) is 0.